The predicted octanol–water partition coefficient (Wildman–Crippen LogP) is 2.04. The van der Waals surface area contributed by atoms with Crippen LogP contribution in [0, 0.1) is 0 Å². The fraction of sp³-hybridized carbons (Fsp3) is 0.333. The van der Waals surface area contributed by atoms with Gasteiger partial charge in [0, 0.05) is 4.90 Å². The molecule has 0 aliphatic carbocycles. The Morgan fingerprint density at radius 3 is 2.67 bits per heavy atom. The first-order chi connectivity index (χ1) is 5.65. The van der Waals surface area contributed by atoms with Crippen LogP contribution in [0.15, 0.2) is 23.1 Å². The molecule has 3 heteroatoms. The van der Waals surface area contributed by atoms with Crippen molar-refractivity contribution in [2.75, 3.05) is 7.11 Å². The molecule has 12 heavy (non-hydrogen) atoms. The van der Waals surface area contributed by atoms with Crippen LogP contribution in [0.2, 0.25) is 0 Å². The van der Waals surface area contributed by atoms with E-state index in [4.69, 9.17) is 4.74 Å². The van der Waals surface area contributed by atoms with E-state index < -0.39 is 6.10 Å². The number of methoxy groups -OCH3 is 1. The lowest BCUT2D eigenvalue weighted by Crippen LogP contribution is -1.92. The van der Waals surface area contributed by atoms with E-state index in [1.807, 2.05) is 12.1 Å². The van der Waals surface area contributed by atoms with E-state index in [1.165, 1.54) is 0 Å². The average molecular weight is 184 g/mol. The topological polar surface area (TPSA) is 29.5 Å². The van der Waals surface area contributed by atoms with E-state index in [9.17, 15) is 5.11 Å². The van der Waals surface area contributed by atoms with Crippen molar-refractivity contribution in [2.24, 2.45) is 0 Å². The highest BCUT2D eigenvalue weighted by molar-refractivity contribution is 7.80. The third kappa shape index (κ3) is 1.93. The molecule has 1 unspecified atom stereocenters. The zero-order valence-corrected chi connectivity index (χ0v) is 8.01. The summed E-state index contributed by atoms with van der Waals surface area (Å²) < 4.78 is 5.05. The van der Waals surface area contributed by atoms with Gasteiger partial charge in [0.25, 0.3) is 0 Å². The maximum atomic E-state index is 9.25. The van der Waals surface area contributed by atoms with Crippen molar-refractivity contribution in [3.63, 3.8) is 0 Å². The van der Waals surface area contributed by atoms with E-state index >= 15 is 0 Å². The minimum atomic E-state index is -0.465. The summed E-state index contributed by atoms with van der Waals surface area (Å²) >= 11 is 4.19. The maximum absolute atomic E-state index is 9.25. The molecule has 0 radical (unpaired) electrons. The van der Waals surface area contributed by atoms with Crippen molar-refractivity contribution < 1.29 is 9.84 Å². The first kappa shape index (κ1) is 9.42. The highest BCUT2D eigenvalue weighted by Gasteiger charge is 2.04. The molecule has 1 aromatic carbocycles. The standard InChI is InChI=1S/C9H12O2S/c1-6(10)7-3-4-9(12)8(5-7)11-2/h3-6,10,12H,1-2H3. The summed E-state index contributed by atoms with van der Waals surface area (Å²) in [7, 11) is 1.58. The van der Waals surface area contributed by atoms with Gasteiger partial charge in [-0.3, -0.25) is 0 Å². The van der Waals surface area contributed by atoms with Crippen molar-refractivity contribution in [1.29, 1.82) is 0 Å². The van der Waals surface area contributed by atoms with E-state index in [0.29, 0.717) is 5.75 Å². The van der Waals surface area contributed by atoms with Crippen LogP contribution < -0.4 is 4.74 Å². The third-order valence-corrected chi connectivity index (χ3v) is 2.06. The van der Waals surface area contributed by atoms with Gasteiger partial charge in [0.05, 0.1) is 13.2 Å². The Morgan fingerprint density at radius 1 is 1.50 bits per heavy atom. The number of hydrogen-bond donors (Lipinski definition) is 2. The van der Waals surface area contributed by atoms with Gasteiger partial charge in [-0.2, -0.15) is 0 Å². The zero-order valence-electron chi connectivity index (χ0n) is 7.11. The largest absolute Gasteiger partial charge is 0.496 e. The molecule has 0 aliphatic heterocycles. The van der Waals surface area contributed by atoms with Crippen molar-refractivity contribution in [1.82, 2.24) is 0 Å². The Hall–Kier alpha value is -0.670. The van der Waals surface area contributed by atoms with E-state index in [2.05, 4.69) is 12.6 Å². The Labute approximate surface area is 77.6 Å². The van der Waals surface area contributed by atoms with Crippen molar-refractivity contribution in [2.45, 2.75) is 17.9 Å². The molecule has 1 aromatic rings. The Bertz CT molecular complexity index is 271. The second-order valence-electron chi connectivity index (χ2n) is 2.61. The van der Waals surface area contributed by atoms with Crippen molar-refractivity contribution in [3.05, 3.63) is 23.8 Å². The first-order valence-corrected chi connectivity index (χ1v) is 4.15. The molecule has 0 bridgehead atoms. The smallest absolute Gasteiger partial charge is 0.132 e. The van der Waals surface area contributed by atoms with Gasteiger partial charge in [-0.15, -0.1) is 12.6 Å². The van der Waals surface area contributed by atoms with Crippen LogP contribution in [-0.4, -0.2) is 12.2 Å². The van der Waals surface area contributed by atoms with Gasteiger partial charge < -0.3 is 9.84 Å². The molecule has 0 heterocycles. The second kappa shape index (κ2) is 3.83. The summed E-state index contributed by atoms with van der Waals surface area (Å²) in [6.45, 7) is 1.72. The molecule has 0 amide bonds. The molecule has 0 aliphatic rings. The van der Waals surface area contributed by atoms with Gasteiger partial charge >= 0.3 is 0 Å². The van der Waals surface area contributed by atoms with Gasteiger partial charge in [0.1, 0.15) is 5.75 Å². The molecule has 1 rings (SSSR count). The van der Waals surface area contributed by atoms with E-state index in [1.54, 1.807) is 20.1 Å². The molecule has 66 valence electrons. The number of rotatable bonds is 2. The Kier molecular flexibility index (Phi) is 3.00. The van der Waals surface area contributed by atoms with Crippen LogP contribution in [0.4, 0.5) is 0 Å². The normalized spacial score (nSPS) is 12.7. The average Bonchev–Trinajstić information content (AvgIpc) is 2.05. The van der Waals surface area contributed by atoms with Gasteiger partial charge in [-0.05, 0) is 24.6 Å². The zero-order chi connectivity index (χ0) is 9.14. The number of aliphatic hydroxyl groups excluding tert-OH is 1. The third-order valence-electron chi connectivity index (χ3n) is 1.69. The van der Waals surface area contributed by atoms with Crippen LogP contribution in [0.3, 0.4) is 0 Å². The van der Waals surface area contributed by atoms with Crippen LogP contribution in [-0.2, 0) is 0 Å². The maximum Gasteiger partial charge on any atom is 0.132 e. The highest BCUT2D eigenvalue weighted by atomic mass is 32.1. The van der Waals surface area contributed by atoms with Crippen LogP contribution in [0.5, 0.6) is 5.75 Å². The van der Waals surface area contributed by atoms with E-state index in [0.717, 1.165) is 10.5 Å². The molecular weight excluding hydrogens is 172 g/mol. The lowest BCUT2D eigenvalue weighted by molar-refractivity contribution is 0.198. The summed E-state index contributed by atoms with van der Waals surface area (Å²) in [5, 5.41) is 9.25. The molecule has 0 saturated heterocycles. The quantitative estimate of drug-likeness (QED) is 0.689. The molecule has 0 aromatic heterocycles. The van der Waals surface area contributed by atoms with Gasteiger partial charge in [0.2, 0.25) is 0 Å². The predicted molar refractivity (Wildman–Crippen MR) is 50.9 cm³/mol. The lowest BCUT2D eigenvalue weighted by atomic mass is 10.1. The van der Waals surface area contributed by atoms with Gasteiger partial charge in [-0.1, -0.05) is 6.07 Å². The van der Waals surface area contributed by atoms with Gasteiger partial charge in [0.15, 0.2) is 0 Å². The lowest BCUT2D eigenvalue weighted by Gasteiger charge is -2.08. The fourth-order valence-corrected chi connectivity index (χ4v) is 1.18. The number of hydrogen-bond acceptors (Lipinski definition) is 3. The minimum absolute atomic E-state index is 0.465. The molecule has 1 atom stereocenters. The number of aliphatic hydroxyl groups is 1. The molecule has 2 nitrogen and oxygen atoms in total. The molecule has 0 saturated carbocycles. The molecule has 0 fully saturated rings. The fourth-order valence-electron chi connectivity index (χ4n) is 0.954. The van der Waals surface area contributed by atoms with Crippen LogP contribution >= 0.6 is 12.6 Å². The summed E-state index contributed by atoms with van der Waals surface area (Å²) in [6, 6.07) is 5.42. The minimum Gasteiger partial charge on any atom is -0.496 e. The summed E-state index contributed by atoms with van der Waals surface area (Å²) in [6.07, 6.45) is -0.465. The molecule has 1 N–H and O–H groups in total. The Balaban J connectivity index is 3.05. The molecule has 0 spiro atoms. The summed E-state index contributed by atoms with van der Waals surface area (Å²) in [5.74, 6) is 0.691. The number of benzene rings is 1. The summed E-state index contributed by atoms with van der Waals surface area (Å²) in [5.41, 5.74) is 0.838. The van der Waals surface area contributed by atoms with Crippen molar-refractivity contribution in [3.8, 4) is 5.75 Å². The SMILES string of the molecule is COc1cc(C(C)O)ccc1S. The monoisotopic (exact) mass is 184 g/mol. The number of ether oxygens (including phenoxy) is 1. The highest BCUT2D eigenvalue weighted by Crippen LogP contribution is 2.25. The molecular formula is C9H12O2S. The van der Waals surface area contributed by atoms with E-state index in [-0.39, 0.29) is 0 Å². The van der Waals surface area contributed by atoms with Crippen LogP contribution in [0.25, 0.3) is 0 Å². The second-order valence-corrected chi connectivity index (χ2v) is 3.09. The number of thiol groups is 1. The van der Waals surface area contributed by atoms with Gasteiger partial charge in [-0.25, -0.2) is 0 Å². The first-order valence-electron chi connectivity index (χ1n) is 3.70. The van der Waals surface area contributed by atoms with Crippen LogP contribution in [0.1, 0.15) is 18.6 Å². The Morgan fingerprint density at radius 2 is 2.17 bits per heavy atom. The van der Waals surface area contributed by atoms with Crippen molar-refractivity contribution >= 4 is 12.6 Å². The summed E-state index contributed by atoms with van der Waals surface area (Å²) in [4.78, 5) is 0.780.